The van der Waals surface area contributed by atoms with Crippen molar-refractivity contribution in [1.82, 2.24) is 4.98 Å². The minimum absolute atomic E-state index is 0.240. The van der Waals surface area contributed by atoms with Crippen molar-refractivity contribution >= 4 is 9.84 Å². The number of hydrogen-bond donors (Lipinski definition) is 0. The fraction of sp³-hybridized carbons (Fsp3) is 0.737. The van der Waals surface area contributed by atoms with Gasteiger partial charge in [0.25, 0.3) is 0 Å². The molecule has 0 aromatic carbocycles. The summed E-state index contributed by atoms with van der Waals surface area (Å²) in [7, 11) is -2.99. The van der Waals surface area contributed by atoms with Crippen LogP contribution in [0.25, 0.3) is 0 Å². The zero-order valence-corrected chi connectivity index (χ0v) is 16.5. The lowest BCUT2D eigenvalue weighted by Gasteiger charge is -2.29. The van der Waals surface area contributed by atoms with Gasteiger partial charge in [-0.05, 0) is 69.9 Å². The Morgan fingerprint density at radius 3 is 2.23 bits per heavy atom. The molecule has 2 rings (SSSR count). The van der Waals surface area contributed by atoms with E-state index in [4.69, 9.17) is 0 Å². The molecular weight excluding hydrogens is 363 g/mol. The number of halogens is 3. The summed E-state index contributed by atoms with van der Waals surface area (Å²) in [4.78, 5) is 4.01. The van der Waals surface area contributed by atoms with E-state index >= 15 is 0 Å². The lowest BCUT2D eigenvalue weighted by Crippen LogP contribution is -2.26. The number of aryl methyl sites for hydroxylation is 2. The molecule has 0 saturated heterocycles. The molecule has 1 fully saturated rings. The molecule has 0 aliphatic heterocycles. The van der Waals surface area contributed by atoms with Crippen molar-refractivity contribution < 1.29 is 21.6 Å². The lowest BCUT2D eigenvalue weighted by molar-refractivity contribution is -0.137. The number of rotatable bonds is 6. The molecule has 1 aromatic heterocycles. The highest BCUT2D eigenvalue weighted by Gasteiger charge is 2.31. The topological polar surface area (TPSA) is 47.0 Å². The number of sulfone groups is 1. The summed E-state index contributed by atoms with van der Waals surface area (Å²) < 4.78 is 62.2. The lowest BCUT2D eigenvalue weighted by atomic mass is 9.80. The first-order valence-electron chi connectivity index (χ1n) is 9.23. The molecule has 1 aliphatic rings. The van der Waals surface area contributed by atoms with Gasteiger partial charge in [0.2, 0.25) is 0 Å². The van der Waals surface area contributed by atoms with E-state index in [0.717, 1.165) is 50.1 Å². The zero-order valence-electron chi connectivity index (χ0n) is 15.6. The Balaban J connectivity index is 1.84. The summed E-state index contributed by atoms with van der Waals surface area (Å²) in [6, 6.07) is 1.16. The predicted molar refractivity (Wildman–Crippen MR) is 96.7 cm³/mol. The summed E-state index contributed by atoms with van der Waals surface area (Å²) in [6.07, 6.45) is 1.91. The van der Waals surface area contributed by atoms with Gasteiger partial charge in [0.1, 0.15) is 0 Å². The Labute approximate surface area is 154 Å². The third-order valence-corrected chi connectivity index (χ3v) is 7.83. The van der Waals surface area contributed by atoms with Gasteiger partial charge in [0.05, 0.1) is 16.6 Å². The van der Waals surface area contributed by atoms with Gasteiger partial charge in [-0.25, -0.2) is 8.42 Å². The van der Waals surface area contributed by atoms with E-state index < -0.39 is 21.6 Å². The monoisotopic (exact) mass is 391 g/mol. The van der Waals surface area contributed by atoms with Crippen LogP contribution >= 0.6 is 0 Å². The third kappa shape index (κ3) is 5.69. The van der Waals surface area contributed by atoms with Gasteiger partial charge in [-0.2, -0.15) is 13.2 Å². The van der Waals surface area contributed by atoms with E-state index in [0.29, 0.717) is 17.9 Å². The van der Waals surface area contributed by atoms with Crippen LogP contribution in [0.5, 0.6) is 0 Å². The second-order valence-electron chi connectivity index (χ2n) is 7.79. The van der Waals surface area contributed by atoms with Crippen molar-refractivity contribution in [3.63, 3.8) is 0 Å². The summed E-state index contributed by atoms with van der Waals surface area (Å²) in [5, 5.41) is -0.325. The van der Waals surface area contributed by atoms with E-state index in [1.54, 1.807) is 20.8 Å². The predicted octanol–water partition coefficient (Wildman–Crippen LogP) is 4.97. The molecule has 1 aromatic rings. The van der Waals surface area contributed by atoms with Crippen LogP contribution in [0.4, 0.5) is 13.2 Å². The highest BCUT2D eigenvalue weighted by molar-refractivity contribution is 7.91. The summed E-state index contributed by atoms with van der Waals surface area (Å²) in [6.45, 7) is 5.12. The quantitative estimate of drug-likeness (QED) is 0.688. The van der Waals surface area contributed by atoms with Crippen LogP contribution in [0, 0.1) is 18.8 Å². The standard InChI is InChI=1S/C19H28F3NO2S/c1-13(2)26(24,25)12-16-6-4-15(5-7-16)8-9-18-14(3)10-17(11-23-18)19(20,21)22/h10-11,13,15-16H,4-9,12H2,1-3H3. The summed E-state index contributed by atoms with van der Waals surface area (Å²) >= 11 is 0. The van der Waals surface area contributed by atoms with Crippen molar-refractivity contribution in [2.75, 3.05) is 5.75 Å². The average molecular weight is 391 g/mol. The first kappa shape index (κ1) is 21.2. The normalized spacial score (nSPS) is 22.0. The number of alkyl halides is 3. The van der Waals surface area contributed by atoms with Crippen LogP contribution in [0.3, 0.4) is 0 Å². The van der Waals surface area contributed by atoms with Gasteiger partial charge in [0, 0.05) is 11.9 Å². The van der Waals surface area contributed by atoms with Crippen molar-refractivity contribution in [2.45, 2.75) is 70.7 Å². The Morgan fingerprint density at radius 1 is 1.15 bits per heavy atom. The van der Waals surface area contributed by atoms with Crippen molar-refractivity contribution in [2.24, 2.45) is 11.8 Å². The molecule has 0 spiro atoms. The Morgan fingerprint density at radius 2 is 1.73 bits per heavy atom. The van der Waals surface area contributed by atoms with E-state index in [-0.39, 0.29) is 16.9 Å². The van der Waals surface area contributed by atoms with Crippen molar-refractivity contribution in [3.8, 4) is 0 Å². The molecule has 0 amide bonds. The SMILES string of the molecule is Cc1cc(C(F)(F)F)cnc1CCC1CCC(CS(=O)(=O)C(C)C)CC1. The maximum Gasteiger partial charge on any atom is 0.417 e. The van der Waals surface area contributed by atoms with E-state index in [2.05, 4.69) is 4.98 Å². The molecule has 3 nitrogen and oxygen atoms in total. The smallest absolute Gasteiger partial charge is 0.260 e. The van der Waals surface area contributed by atoms with Crippen LogP contribution in [0.2, 0.25) is 0 Å². The molecule has 1 heterocycles. The van der Waals surface area contributed by atoms with Crippen molar-refractivity contribution in [1.29, 1.82) is 0 Å². The number of hydrogen-bond acceptors (Lipinski definition) is 3. The second kappa shape index (κ2) is 8.28. The zero-order chi connectivity index (χ0) is 19.5. The van der Waals surface area contributed by atoms with E-state index in [9.17, 15) is 21.6 Å². The van der Waals surface area contributed by atoms with Crippen LogP contribution in [-0.4, -0.2) is 24.4 Å². The molecule has 0 unspecified atom stereocenters. The largest absolute Gasteiger partial charge is 0.417 e. The Kier molecular flexibility index (Phi) is 6.75. The number of aromatic nitrogens is 1. The van der Waals surface area contributed by atoms with Gasteiger partial charge < -0.3 is 0 Å². The van der Waals surface area contributed by atoms with Gasteiger partial charge in [-0.15, -0.1) is 0 Å². The van der Waals surface area contributed by atoms with Crippen LogP contribution in [0.15, 0.2) is 12.3 Å². The fourth-order valence-electron chi connectivity index (χ4n) is 3.57. The maximum absolute atomic E-state index is 12.7. The fourth-order valence-corrected chi connectivity index (χ4v) is 4.94. The maximum atomic E-state index is 12.7. The molecule has 7 heteroatoms. The molecule has 1 aliphatic carbocycles. The molecule has 0 atom stereocenters. The first-order chi connectivity index (χ1) is 12.0. The van der Waals surface area contributed by atoms with Gasteiger partial charge in [0.15, 0.2) is 9.84 Å². The highest BCUT2D eigenvalue weighted by atomic mass is 32.2. The summed E-state index contributed by atoms with van der Waals surface area (Å²) in [5.74, 6) is 1.01. The average Bonchev–Trinajstić information content (AvgIpc) is 2.53. The number of pyridine rings is 1. The molecular formula is C19H28F3NO2S. The molecule has 26 heavy (non-hydrogen) atoms. The molecule has 0 bridgehead atoms. The third-order valence-electron chi connectivity index (χ3n) is 5.46. The second-order valence-corrected chi connectivity index (χ2v) is 10.4. The minimum Gasteiger partial charge on any atom is -0.260 e. The van der Waals surface area contributed by atoms with Gasteiger partial charge in [-0.1, -0.05) is 12.8 Å². The molecule has 0 N–H and O–H groups in total. The van der Waals surface area contributed by atoms with Crippen LogP contribution in [-0.2, 0) is 22.4 Å². The Hall–Kier alpha value is -1.11. The summed E-state index contributed by atoms with van der Waals surface area (Å²) in [5.41, 5.74) is 0.602. The van der Waals surface area contributed by atoms with E-state index in [1.165, 1.54) is 0 Å². The highest BCUT2D eigenvalue weighted by Crippen LogP contribution is 2.34. The van der Waals surface area contributed by atoms with Crippen LogP contribution in [0.1, 0.15) is 62.8 Å². The molecule has 0 radical (unpaired) electrons. The molecule has 148 valence electrons. The molecule has 1 saturated carbocycles. The Bertz CT molecular complexity index is 706. The van der Waals surface area contributed by atoms with E-state index in [1.807, 2.05) is 0 Å². The van der Waals surface area contributed by atoms with Crippen molar-refractivity contribution in [3.05, 3.63) is 29.1 Å². The van der Waals surface area contributed by atoms with Crippen LogP contribution < -0.4 is 0 Å². The van der Waals surface area contributed by atoms with Gasteiger partial charge in [-0.3, -0.25) is 4.98 Å². The number of nitrogens with zero attached hydrogens (tertiary/aromatic N) is 1. The minimum atomic E-state index is -4.36. The first-order valence-corrected chi connectivity index (χ1v) is 10.9. The van der Waals surface area contributed by atoms with Gasteiger partial charge >= 0.3 is 6.18 Å².